The Hall–Kier alpha value is -2.37. The molecule has 0 aliphatic carbocycles. The van der Waals surface area contributed by atoms with E-state index in [9.17, 15) is 30.8 Å². The number of benzene rings is 2. The van der Waals surface area contributed by atoms with Crippen molar-refractivity contribution in [3.63, 3.8) is 0 Å². The maximum absolute atomic E-state index is 14.2. The number of hydrogen-bond acceptors (Lipinski definition) is 4. The summed E-state index contributed by atoms with van der Waals surface area (Å²) in [6, 6.07) is 6.09. The van der Waals surface area contributed by atoms with E-state index in [1.165, 1.54) is 30.1 Å². The minimum absolute atomic E-state index is 0.00662. The zero-order valence-corrected chi connectivity index (χ0v) is 17.8. The maximum Gasteiger partial charge on any atom is 0.416 e. The number of alkyl halides is 3. The molecule has 2 aromatic carbocycles. The Morgan fingerprint density at radius 3 is 2.26 bits per heavy atom. The van der Waals surface area contributed by atoms with Gasteiger partial charge in [0, 0.05) is 26.2 Å². The molecule has 1 amide bonds. The summed E-state index contributed by atoms with van der Waals surface area (Å²) in [7, 11) is -2.53. The van der Waals surface area contributed by atoms with Gasteiger partial charge >= 0.3 is 6.18 Å². The van der Waals surface area contributed by atoms with E-state index in [1.54, 1.807) is 4.90 Å². The molecule has 1 aliphatic rings. The highest BCUT2D eigenvalue weighted by atomic mass is 35.5. The third kappa shape index (κ3) is 4.94. The predicted molar refractivity (Wildman–Crippen MR) is 107 cm³/mol. The van der Waals surface area contributed by atoms with Crippen molar-refractivity contribution in [1.82, 2.24) is 9.62 Å². The Morgan fingerprint density at radius 1 is 1.06 bits per heavy atom. The van der Waals surface area contributed by atoms with Crippen LogP contribution < -0.4 is 9.62 Å². The largest absolute Gasteiger partial charge is 0.416 e. The fourth-order valence-corrected chi connectivity index (χ4v) is 4.17. The predicted octanol–water partition coefficient (Wildman–Crippen LogP) is 3.37. The summed E-state index contributed by atoms with van der Waals surface area (Å²) in [5.41, 5.74) is -1.05. The van der Waals surface area contributed by atoms with E-state index < -0.39 is 33.5 Å². The molecule has 1 aliphatic heterocycles. The molecule has 0 spiro atoms. The summed E-state index contributed by atoms with van der Waals surface area (Å²) in [6.07, 6.45) is -4.64. The number of piperazine rings is 1. The Balaban J connectivity index is 1.74. The molecule has 0 radical (unpaired) electrons. The standard InChI is InChI=1S/C19H18ClF4N3O3S/c1-25-31(29,30)13-3-4-15(20)14(11-13)18(28)27-8-6-26(7-9-27)17-5-2-12(10-16(17)21)19(22,23)24/h2-5,10-11,25H,6-9H2,1H3. The molecule has 1 heterocycles. The van der Waals surface area contributed by atoms with Crippen molar-refractivity contribution in [3.05, 3.63) is 58.4 Å². The van der Waals surface area contributed by atoms with Gasteiger partial charge in [-0.2, -0.15) is 13.2 Å². The number of carbonyl (C=O) groups excluding carboxylic acids is 1. The first kappa shape index (κ1) is 23.3. The number of rotatable bonds is 4. The van der Waals surface area contributed by atoms with Crippen LogP contribution in [0.1, 0.15) is 15.9 Å². The van der Waals surface area contributed by atoms with Crippen LogP contribution in [0.25, 0.3) is 0 Å². The van der Waals surface area contributed by atoms with Gasteiger partial charge in [0.1, 0.15) is 5.82 Å². The van der Waals surface area contributed by atoms with Crippen LogP contribution in [0, 0.1) is 5.82 Å². The zero-order chi connectivity index (χ0) is 23.0. The van der Waals surface area contributed by atoms with E-state index in [4.69, 9.17) is 11.6 Å². The quantitative estimate of drug-likeness (QED) is 0.683. The first-order valence-corrected chi connectivity index (χ1v) is 10.9. The first-order chi connectivity index (χ1) is 14.4. The van der Waals surface area contributed by atoms with Crippen molar-refractivity contribution in [2.24, 2.45) is 0 Å². The molecule has 0 aromatic heterocycles. The molecule has 6 nitrogen and oxygen atoms in total. The van der Waals surface area contributed by atoms with Crippen LogP contribution in [-0.2, 0) is 16.2 Å². The van der Waals surface area contributed by atoms with Crippen LogP contribution in [0.2, 0.25) is 5.02 Å². The number of nitrogens with one attached hydrogen (secondary N) is 1. The van der Waals surface area contributed by atoms with E-state index in [0.29, 0.717) is 6.07 Å². The van der Waals surface area contributed by atoms with Gasteiger partial charge in [0.2, 0.25) is 10.0 Å². The number of amides is 1. The fraction of sp³-hybridized carbons (Fsp3) is 0.316. The molecule has 2 aromatic rings. The lowest BCUT2D eigenvalue weighted by Gasteiger charge is -2.36. The van der Waals surface area contributed by atoms with Gasteiger partial charge in [-0.15, -0.1) is 0 Å². The highest BCUT2D eigenvalue weighted by Gasteiger charge is 2.32. The summed E-state index contributed by atoms with van der Waals surface area (Å²) < 4.78 is 78.5. The molecule has 0 saturated carbocycles. The third-order valence-electron chi connectivity index (χ3n) is 4.93. The molecule has 168 valence electrons. The summed E-state index contributed by atoms with van der Waals surface area (Å²) in [5, 5.41) is 0.0799. The molecule has 3 rings (SSSR count). The second-order valence-corrected chi connectivity index (χ2v) is 9.09. The normalized spacial score (nSPS) is 15.3. The number of hydrogen-bond donors (Lipinski definition) is 1. The van der Waals surface area contributed by atoms with Crippen LogP contribution in [0.4, 0.5) is 23.2 Å². The topological polar surface area (TPSA) is 69.7 Å². The Labute approximate surface area is 181 Å². The van der Waals surface area contributed by atoms with Gasteiger partial charge in [0.05, 0.1) is 26.7 Å². The summed E-state index contributed by atoms with van der Waals surface area (Å²) in [4.78, 5) is 15.7. The van der Waals surface area contributed by atoms with Crippen LogP contribution in [0.3, 0.4) is 0 Å². The highest BCUT2D eigenvalue weighted by Crippen LogP contribution is 2.32. The van der Waals surface area contributed by atoms with E-state index in [0.717, 1.165) is 12.1 Å². The van der Waals surface area contributed by atoms with Crippen LogP contribution >= 0.6 is 11.6 Å². The molecule has 12 heteroatoms. The number of halogens is 5. The lowest BCUT2D eigenvalue weighted by molar-refractivity contribution is -0.137. The molecule has 0 unspecified atom stereocenters. The van der Waals surface area contributed by atoms with Crippen molar-refractivity contribution in [3.8, 4) is 0 Å². The average Bonchev–Trinajstić information content (AvgIpc) is 2.73. The Kier molecular flexibility index (Phi) is 6.49. The van der Waals surface area contributed by atoms with Crippen LogP contribution in [-0.4, -0.2) is 52.5 Å². The minimum atomic E-state index is -4.64. The van der Waals surface area contributed by atoms with E-state index >= 15 is 0 Å². The van der Waals surface area contributed by atoms with Crippen molar-refractivity contribution < 1.29 is 30.8 Å². The van der Waals surface area contributed by atoms with Crippen molar-refractivity contribution >= 4 is 33.2 Å². The van der Waals surface area contributed by atoms with Crippen LogP contribution in [0.15, 0.2) is 41.3 Å². The third-order valence-corrected chi connectivity index (χ3v) is 6.67. The number of nitrogens with zero attached hydrogens (tertiary/aromatic N) is 2. The molecule has 1 saturated heterocycles. The zero-order valence-electron chi connectivity index (χ0n) is 16.2. The average molecular weight is 480 g/mol. The maximum atomic E-state index is 14.2. The van der Waals surface area contributed by atoms with Crippen molar-refractivity contribution in [2.45, 2.75) is 11.1 Å². The molecule has 0 bridgehead atoms. The lowest BCUT2D eigenvalue weighted by Crippen LogP contribution is -2.49. The summed E-state index contributed by atoms with van der Waals surface area (Å²) in [6.45, 7) is 0.664. The minimum Gasteiger partial charge on any atom is -0.366 e. The second kappa shape index (κ2) is 8.64. The monoisotopic (exact) mass is 479 g/mol. The van der Waals surface area contributed by atoms with E-state index in [1.807, 2.05) is 0 Å². The molecular formula is C19H18ClF4N3O3S. The van der Waals surface area contributed by atoms with Gasteiger partial charge in [-0.1, -0.05) is 11.6 Å². The molecule has 31 heavy (non-hydrogen) atoms. The van der Waals surface area contributed by atoms with E-state index in [2.05, 4.69) is 4.72 Å². The van der Waals surface area contributed by atoms with Crippen molar-refractivity contribution in [1.29, 1.82) is 0 Å². The van der Waals surface area contributed by atoms with Gasteiger partial charge in [-0.25, -0.2) is 17.5 Å². The Morgan fingerprint density at radius 2 is 1.71 bits per heavy atom. The van der Waals surface area contributed by atoms with Gasteiger partial charge in [0.25, 0.3) is 5.91 Å². The van der Waals surface area contributed by atoms with Gasteiger partial charge in [-0.05, 0) is 43.4 Å². The molecular weight excluding hydrogens is 462 g/mol. The fourth-order valence-electron chi connectivity index (χ4n) is 3.21. The Bertz CT molecular complexity index is 1100. The molecule has 0 atom stereocenters. The number of carbonyl (C=O) groups is 1. The first-order valence-electron chi connectivity index (χ1n) is 9.08. The second-order valence-electron chi connectivity index (χ2n) is 6.79. The van der Waals surface area contributed by atoms with E-state index in [-0.39, 0.29) is 47.3 Å². The molecule has 1 N–H and O–H groups in total. The summed E-state index contributed by atoms with van der Waals surface area (Å²) in [5.74, 6) is -1.49. The van der Waals surface area contributed by atoms with Gasteiger partial charge < -0.3 is 9.80 Å². The SMILES string of the molecule is CNS(=O)(=O)c1ccc(Cl)c(C(=O)N2CCN(c3ccc(C(F)(F)F)cc3F)CC2)c1. The van der Waals surface area contributed by atoms with Gasteiger partial charge in [-0.3, -0.25) is 4.79 Å². The van der Waals surface area contributed by atoms with Gasteiger partial charge in [0.15, 0.2) is 0 Å². The smallest absolute Gasteiger partial charge is 0.366 e. The molecule has 1 fully saturated rings. The lowest BCUT2D eigenvalue weighted by atomic mass is 10.1. The summed E-state index contributed by atoms with van der Waals surface area (Å²) >= 11 is 6.09. The van der Waals surface area contributed by atoms with Crippen LogP contribution in [0.5, 0.6) is 0 Å². The number of anilines is 1. The van der Waals surface area contributed by atoms with Crippen molar-refractivity contribution in [2.75, 3.05) is 38.1 Å². The highest BCUT2D eigenvalue weighted by molar-refractivity contribution is 7.89. The number of sulfonamides is 1.